The lowest BCUT2D eigenvalue weighted by molar-refractivity contribution is -0.138. The van der Waals surface area contributed by atoms with Crippen molar-refractivity contribution >= 4 is 35.0 Å². The number of carboxylic acid groups (broad SMARTS) is 1. The van der Waals surface area contributed by atoms with Crippen LogP contribution in [-0.2, 0) is 11.8 Å². The second-order valence-electron chi connectivity index (χ2n) is 5.66. The molecule has 0 saturated carbocycles. The van der Waals surface area contributed by atoms with Crippen LogP contribution in [0.5, 0.6) is 0 Å². The molecular weight excluding hydrogens is 348 g/mol. The largest absolute Gasteiger partial charge is 0.481 e. The van der Waals surface area contributed by atoms with Gasteiger partial charge in [-0.2, -0.15) is 16.9 Å². The van der Waals surface area contributed by atoms with Crippen LogP contribution in [0, 0.1) is 6.92 Å². The monoisotopic (exact) mass is 366 g/mol. The normalized spacial score (nSPS) is 17.9. The Morgan fingerprint density at radius 3 is 2.92 bits per heavy atom. The highest BCUT2D eigenvalue weighted by molar-refractivity contribution is 7.99. The van der Waals surface area contributed by atoms with Gasteiger partial charge in [-0.15, -0.1) is 11.3 Å². The summed E-state index contributed by atoms with van der Waals surface area (Å²) in [7, 11) is 1.83. The van der Waals surface area contributed by atoms with Crippen molar-refractivity contribution in [3.8, 4) is 10.6 Å². The van der Waals surface area contributed by atoms with Crippen LogP contribution in [0.4, 0.5) is 0 Å². The summed E-state index contributed by atoms with van der Waals surface area (Å²) in [6, 6.07) is -0.267. The van der Waals surface area contributed by atoms with Gasteiger partial charge in [-0.05, 0) is 6.92 Å². The molecule has 3 heterocycles. The van der Waals surface area contributed by atoms with E-state index in [1.165, 1.54) is 11.3 Å². The number of aromatic nitrogens is 3. The predicted octanol–water partition coefficient (Wildman–Crippen LogP) is 1.88. The highest BCUT2D eigenvalue weighted by Crippen LogP contribution is 2.30. The van der Waals surface area contributed by atoms with E-state index in [4.69, 9.17) is 5.11 Å². The van der Waals surface area contributed by atoms with E-state index in [1.807, 2.05) is 20.2 Å². The molecule has 1 aliphatic heterocycles. The molecule has 1 aliphatic rings. The van der Waals surface area contributed by atoms with Gasteiger partial charge >= 0.3 is 5.97 Å². The van der Waals surface area contributed by atoms with Gasteiger partial charge in [0, 0.05) is 36.9 Å². The van der Waals surface area contributed by atoms with Gasteiger partial charge in [0.25, 0.3) is 5.91 Å². The van der Waals surface area contributed by atoms with E-state index in [1.54, 1.807) is 27.5 Å². The molecule has 0 spiro atoms. The van der Waals surface area contributed by atoms with Gasteiger partial charge in [0.1, 0.15) is 9.88 Å². The molecule has 1 amide bonds. The number of carbonyl (C=O) groups excluding carboxylic acids is 1. The minimum atomic E-state index is -0.877. The summed E-state index contributed by atoms with van der Waals surface area (Å²) >= 11 is 3.03. The standard InChI is InChI=1S/C15H18N4O3S2/c1-9-13(24-14(17-9)10-6-16-18(2)7-10)15(22)19-3-4-23-8-11(19)5-12(20)21/h6-7,11H,3-5,8H2,1-2H3,(H,20,21). The number of nitrogens with zero attached hydrogens (tertiary/aromatic N) is 4. The fraction of sp³-hybridized carbons (Fsp3) is 0.467. The van der Waals surface area contributed by atoms with Crippen molar-refractivity contribution in [1.82, 2.24) is 19.7 Å². The fourth-order valence-corrected chi connectivity index (χ4v) is 4.73. The number of aryl methyl sites for hydroxylation is 2. The molecule has 24 heavy (non-hydrogen) atoms. The Labute approximate surface area is 147 Å². The molecule has 9 heteroatoms. The molecule has 0 radical (unpaired) electrons. The summed E-state index contributed by atoms with van der Waals surface area (Å²) in [6.45, 7) is 2.38. The Hall–Kier alpha value is -1.87. The van der Waals surface area contributed by atoms with Gasteiger partial charge in [0.15, 0.2) is 0 Å². The van der Waals surface area contributed by atoms with E-state index in [0.29, 0.717) is 22.9 Å². The average Bonchev–Trinajstić information content (AvgIpc) is 3.12. The number of amides is 1. The van der Waals surface area contributed by atoms with Gasteiger partial charge in [0.05, 0.1) is 24.4 Å². The van der Waals surface area contributed by atoms with Crippen LogP contribution in [0.3, 0.4) is 0 Å². The quantitative estimate of drug-likeness (QED) is 0.889. The highest BCUT2D eigenvalue weighted by atomic mass is 32.2. The summed E-state index contributed by atoms with van der Waals surface area (Å²) in [4.78, 5) is 30.8. The maximum Gasteiger partial charge on any atom is 0.305 e. The second-order valence-corrected chi connectivity index (χ2v) is 7.81. The Morgan fingerprint density at radius 2 is 2.25 bits per heavy atom. The fourth-order valence-electron chi connectivity index (χ4n) is 2.67. The number of carboxylic acids is 1. The van der Waals surface area contributed by atoms with Gasteiger partial charge in [-0.3, -0.25) is 14.3 Å². The van der Waals surface area contributed by atoms with Gasteiger partial charge in [-0.1, -0.05) is 0 Å². The summed E-state index contributed by atoms with van der Waals surface area (Å²) in [5.74, 6) is 0.490. The third-order valence-corrected chi connectivity index (χ3v) is 6.13. The molecule has 1 N–H and O–H groups in total. The van der Waals surface area contributed by atoms with Crippen LogP contribution >= 0.6 is 23.1 Å². The van der Waals surface area contributed by atoms with Crippen LogP contribution in [-0.4, -0.2) is 60.7 Å². The van der Waals surface area contributed by atoms with E-state index in [0.717, 1.165) is 16.3 Å². The van der Waals surface area contributed by atoms with Crippen molar-refractivity contribution in [3.63, 3.8) is 0 Å². The number of thiazole rings is 1. The molecule has 128 valence electrons. The molecule has 0 aromatic carbocycles. The minimum Gasteiger partial charge on any atom is -0.481 e. The van der Waals surface area contributed by atoms with Crippen LogP contribution in [0.25, 0.3) is 10.6 Å². The zero-order chi connectivity index (χ0) is 17.3. The summed E-state index contributed by atoms with van der Waals surface area (Å²) in [5, 5.41) is 14.0. The number of hydrogen-bond donors (Lipinski definition) is 1. The lowest BCUT2D eigenvalue weighted by Gasteiger charge is -2.34. The molecule has 2 aromatic rings. The van der Waals surface area contributed by atoms with Gasteiger partial charge < -0.3 is 10.0 Å². The van der Waals surface area contributed by atoms with Crippen molar-refractivity contribution < 1.29 is 14.7 Å². The summed E-state index contributed by atoms with van der Waals surface area (Å²) in [6.07, 6.45) is 3.56. The topological polar surface area (TPSA) is 88.3 Å². The summed E-state index contributed by atoms with van der Waals surface area (Å²) in [5.41, 5.74) is 1.55. The number of thioether (sulfide) groups is 1. The molecule has 2 aromatic heterocycles. The first kappa shape index (κ1) is 17.0. The molecule has 0 bridgehead atoms. The van der Waals surface area contributed by atoms with Crippen molar-refractivity contribution in [2.24, 2.45) is 7.05 Å². The van der Waals surface area contributed by atoms with E-state index in [-0.39, 0.29) is 18.4 Å². The van der Waals surface area contributed by atoms with Crippen molar-refractivity contribution in [2.45, 2.75) is 19.4 Å². The first-order valence-corrected chi connectivity index (χ1v) is 9.49. The predicted molar refractivity (Wildman–Crippen MR) is 93.5 cm³/mol. The Balaban J connectivity index is 1.86. The van der Waals surface area contributed by atoms with Gasteiger partial charge in [0.2, 0.25) is 0 Å². The van der Waals surface area contributed by atoms with Crippen LogP contribution in [0.15, 0.2) is 12.4 Å². The first-order valence-electron chi connectivity index (χ1n) is 7.52. The van der Waals surface area contributed by atoms with E-state index < -0.39 is 5.97 Å². The van der Waals surface area contributed by atoms with Crippen LogP contribution in [0.1, 0.15) is 21.8 Å². The number of rotatable bonds is 4. The Kier molecular flexibility index (Phi) is 4.91. The van der Waals surface area contributed by atoms with E-state index in [9.17, 15) is 9.59 Å². The third-order valence-electron chi connectivity index (χ3n) is 3.84. The zero-order valence-corrected chi connectivity index (χ0v) is 15.1. The molecule has 0 aliphatic carbocycles. The molecule has 1 atom stereocenters. The maximum atomic E-state index is 12.9. The molecule has 1 unspecified atom stereocenters. The van der Waals surface area contributed by atoms with Crippen LogP contribution < -0.4 is 0 Å². The Morgan fingerprint density at radius 1 is 1.46 bits per heavy atom. The first-order chi connectivity index (χ1) is 11.5. The number of aliphatic carboxylic acids is 1. The van der Waals surface area contributed by atoms with Crippen molar-refractivity contribution in [3.05, 3.63) is 23.0 Å². The Bertz CT molecular complexity index is 771. The lowest BCUT2D eigenvalue weighted by atomic mass is 10.2. The molecule has 3 rings (SSSR count). The van der Waals surface area contributed by atoms with Crippen molar-refractivity contribution in [1.29, 1.82) is 0 Å². The molecular formula is C15H18N4O3S2. The van der Waals surface area contributed by atoms with E-state index in [2.05, 4.69) is 10.1 Å². The second kappa shape index (κ2) is 6.94. The summed E-state index contributed by atoms with van der Waals surface area (Å²) < 4.78 is 1.69. The molecule has 1 saturated heterocycles. The van der Waals surface area contributed by atoms with Gasteiger partial charge in [-0.25, -0.2) is 4.98 Å². The minimum absolute atomic E-state index is 0.0218. The zero-order valence-electron chi connectivity index (χ0n) is 13.4. The van der Waals surface area contributed by atoms with E-state index >= 15 is 0 Å². The molecule has 7 nitrogen and oxygen atoms in total. The maximum absolute atomic E-state index is 12.9. The highest BCUT2D eigenvalue weighted by Gasteiger charge is 2.31. The van der Waals surface area contributed by atoms with Crippen molar-refractivity contribution in [2.75, 3.05) is 18.1 Å². The van der Waals surface area contributed by atoms with Crippen LogP contribution in [0.2, 0.25) is 0 Å². The average molecular weight is 366 g/mol. The third kappa shape index (κ3) is 3.46. The number of hydrogen-bond acceptors (Lipinski definition) is 6. The lowest BCUT2D eigenvalue weighted by Crippen LogP contribution is -2.47. The smallest absolute Gasteiger partial charge is 0.305 e. The number of carbonyl (C=O) groups is 2. The SMILES string of the molecule is Cc1nc(-c2cnn(C)c2)sc1C(=O)N1CCSCC1CC(=O)O. The molecule has 1 fully saturated rings.